The van der Waals surface area contributed by atoms with Crippen LogP contribution in [0, 0.1) is 0 Å². The van der Waals surface area contributed by atoms with Gasteiger partial charge >= 0.3 is 5.97 Å². The van der Waals surface area contributed by atoms with Crippen molar-refractivity contribution in [3.05, 3.63) is 36.4 Å². The molecule has 1 heterocycles. The monoisotopic (exact) mass is 273 g/mol. The molecule has 0 atom stereocenters. The summed E-state index contributed by atoms with van der Waals surface area (Å²) in [4.78, 5) is 11.9. The van der Waals surface area contributed by atoms with Gasteiger partial charge in [-0.2, -0.15) is 5.10 Å². The third-order valence-corrected chi connectivity index (χ3v) is 2.57. The minimum Gasteiger partial charge on any atom is -0.459 e. The van der Waals surface area contributed by atoms with Crippen LogP contribution in [-0.4, -0.2) is 21.4 Å². The number of hydrogen-bond donors (Lipinski definition) is 1. The quantitative estimate of drug-likeness (QED) is 0.872. The highest BCUT2D eigenvalue weighted by Gasteiger charge is 2.18. The van der Waals surface area contributed by atoms with Crippen molar-refractivity contribution in [3.8, 4) is 11.3 Å². The van der Waals surface area contributed by atoms with Crippen LogP contribution in [-0.2, 0) is 16.1 Å². The van der Waals surface area contributed by atoms with Gasteiger partial charge in [0.05, 0.1) is 5.69 Å². The van der Waals surface area contributed by atoms with Crippen molar-refractivity contribution in [2.75, 3.05) is 5.73 Å². The summed E-state index contributed by atoms with van der Waals surface area (Å²) in [5.74, 6) is 0.0465. The normalized spacial score (nSPS) is 11.3. The van der Waals surface area contributed by atoms with Crippen LogP contribution in [0.4, 0.5) is 5.82 Å². The molecule has 0 aliphatic heterocycles. The van der Waals surface area contributed by atoms with E-state index in [-0.39, 0.29) is 12.5 Å². The second kappa shape index (κ2) is 5.36. The summed E-state index contributed by atoms with van der Waals surface area (Å²) in [6, 6.07) is 11.4. The van der Waals surface area contributed by atoms with Crippen LogP contribution in [0.25, 0.3) is 11.3 Å². The van der Waals surface area contributed by atoms with Gasteiger partial charge in [-0.15, -0.1) is 0 Å². The van der Waals surface area contributed by atoms with E-state index in [1.807, 2.05) is 51.1 Å². The summed E-state index contributed by atoms with van der Waals surface area (Å²) in [5, 5.41) is 4.15. The van der Waals surface area contributed by atoms with Crippen LogP contribution < -0.4 is 5.73 Å². The largest absolute Gasteiger partial charge is 0.459 e. The summed E-state index contributed by atoms with van der Waals surface area (Å²) in [7, 11) is 0. The molecule has 0 aliphatic carbocycles. The lowest BCUT2D eigenvalue weighted by Gasteiger charge is -2.19. The number of hydrogen-bond acceptors (Lipinski definition) is 4. The van der Waals surface area contributed by atoms with Crippen molar-refractivity contribution < 1.29 is 9.53 Å². The molecule has 2 N–H and O–H groups in total. The van der Waals surface area contributed by atoms with E-state index in [0.717, 1.165) is 11.3 Å². The summed E-state index contributed by atoms with van der Waals surface area (Å²) in [6.07, 6.45) is 0. The van der Waals surface area contributed by atoms with Gasteiger partial charge in [-0.3, -0.25) is 9.48 Å². The van der Waals surface area contributed by atoms with E-state index in [9.17, 15) is 4.79 Å². The van der Waals surface area contributed by atoms with Crippen LogP contribution in [0.1, 0.15) is 20.8 Å². The first-order valence-corrected chi connectivity index (χ1v) is 6.46. The highest BCUT2D eigenvalue weighted by molar-refractivity contribution is 5.72. The second-order valence-corrected chi connectivity index (χ2v) is 5.56. The van der Waals surface area contributed by atoms with E-state index in [4.69, 9.17) is 10.5 Å². The maximum absolute atomic E-state index is 11.9. The second-order valence-electron chi connectivity index (χ2n) is 5.56. The summed E-state index contributed by atoms with van der Waals surface area (Å²) < 4.78 is 6.87. The smallest absolute Gasteiger partial charge is 0.328 e. The lowest BCUT2D eigenvalue weighted by molar-refractivity contribution is -0.155. The Bertz CT molecular complexity index is 597. The zero-order valence-corrected chi connectivity index (χ0v) is 12.0. The molecule has 0 bridgehead atoms. The number of nitrogen functional groups attached to an aromatic ring is 1. The molecule has 2 aromatic rings. The highest BCUT2D eigenvalue weighted by Crippen LogP contribution is 2.21. The third kappa shape index (κ3) is 3.60. The molecule has 0 aliphatic rings. The highest BCUT2D eigenvalue weighted by atomic mass is 16.6. The molecule has 0 fully saturated rings. The predicted molar refractivity (Wildman–Crippen MR) is 77.9 cm³/mol. The number of anilines is 1. The van der Waals surface area contributed by atoms with Gasteiger partial charge in [0.1, 0.15) is 18.0 Å². The molecule has 0 spiro atoms. The number of carbonyl (C=O) groups excluding carboxylic acids is 1. The Labute approximate surface area is 118 Å². The molecular formula is C15H19N3O2. The van der Waals surface area contributed by atoms with Crippen LogP contribution in [0.15, 0.2) is 36.4 Å². The van der Waals surface area contributed by atoms with Crippen molar-refractivity contribution in [1.29, 1.82) is 0 Å². The zero-order chi connectivity index (χ0) is 14.8. The number of nitrogens with two attached hydrogens (primary N) is 1. The van der Waals surface area contributed by atoms with Crippen molar-refractivity contribution >= 4 is 11.8 Å². The molecule has 0 amide bonds. The van der Waals surface area contributed by atoms with Crippen molar-refractivity contribution in [3.63, 3.8) is 0 Å². The number of aromatic nitrogens is 2. The van der Waals surface area contributed by atoms with Gasteiger partial charge in [0.25, 0.3) is 0 Å². The van der Waals surface area contributed by atoms with Crippen LogP contribution >= 0.6 is 0 Å². The fourth-order valence-electron chi connectivity index (χ4n) is 1.89. The molecule has 1 aromatic heterocycles. The topological polar surface area (TPSA) is 70.1 Å². The minimum atomic E-state index is -0.511. The lowest BCUT2D eigenvalue weighted by Crippen LogP contribution is -2.27. The first kappa shape index (κ1) is 14.1. The Morgan fingerprint density at radius 2 is 1.95 bits per heavy atom. The molecule has 5 heteroatoms. The van der Waals surface area contributed by atoms with Gasteiger partial charge in [0.15, 0.2) is 0 Å². The molecule has 2 rings (SSSR count). The Balaban J connectivity index is 2.23. The lowest BCUT2D eigenvalue weighted by atomic mass is 10.1. The first-order chi connectivity index (χ1) is 9.35. The average molecular weight is 273 g/mol. The number of esters is 1. The molecule has 20 heavy (non-hydrogen) atoms. The van der Waals surface area contributed by atoms with Crippen LogP contribution in [0.2, 0.25) is 0 Å². The van der Waals surface area contributed by atoms with E-state index in [0.29, 0.717) is 5.82 Å². The number of carbonyl (C=O) groups is 1. The Hall–Kier alpha value is -2.30. The van der Waals surface area contributed by atoms with Gasteiger partial charge in [-0.05, 0) is 26.3 Å². The van der Waals surface area contributed by atoms with E-state index in [2.05, 4.69) is 5.10 Å². The first-order valence-electron chi connectivity index (χ1n) is 6.46. The maximum atomic E-state index is 11.9. The standard InChI is InChI=1S/C15H19N3O2/c1-15(2,3)20-14(19)10-18-12(9-13(16)17-18)11-7-5-4-6-8-11/h4-9H,10H2,1-3H3,(H2,16,17). The van der Waals surface area contributed by atoms with Gasteiger partial charge in [-0.1, -0.05) is 30.3 Å². The average Bonchev–Trinajstić information content (AvgIpc) is 2.68. The summed E-state index contributed by atoms with van der Waals surface area (Å²) in [6.45, 7) is 5.54. The molecule has 5 nitrogen and oxygen atoms in total. The molecule has 0 saturated carbocycles. The van der Waals surface area contributed by atoms with Gasteiger partial charge in [0.2, 0.25) is 0 Å². The van der Waals surface area contributed by atoms with Crippen molar-refractivity contribution in [2.45, 2.75) is 32.9 Å². The molecule has 0 saturated heterocycles. The SMILES string of the molecule is CC(C)(C)OC(=O)Cn1nc(N)cc1-c1ccccc1. The zero-order valence-electron chi connectivity index (χ0n) is 12.0. The molecule has 106 valence electrons. The van der Waals surface area contributed by atoms with Gasteiger partial charge < -0.3 is 10.5 Å². The Kier molecular flexibility index (Phi) is 3.79. The number of rotatable bonds is 3. The fourth-order valence-corrected chi connectivity index (χ4v) is 1.89. The molecule has 1 aromatic carbocycles. The number of nitrogens with zero attached hydrogens (tertiary/aromatic N) is 2. The Morgan fingerprint density at radius 3 is 2.55 bits per heavy atom. The number of ether oxygens (including phenoxy) is 1. The van der Waals surface area contributed by atoms with Crippen molar-refractivity contribution in [2.24, 2.45) is 0 Å². The van der Waals surface area contributed by atoms with Gasteiger partial charge in [0, 0.05) is 6.07 Å². The van der Waals surface area contributed by atoms with E-state index < -0.39 is 5.60 Å². The van der Waals surface area contributed by atoms with E-state index in [1.54, 1.807) is 10.7 Å². The van der Waals surface area contributed by atoms with Gasteiger partial charge in [-0.25, -0.2) is 0 Å². The molecule has 0 unspecified atom stereocenters. The fraction of sp³-hybridized carbons (Fsp3) is 0.333. The van der Waals surface area contributed by atoms with Crippen LogP contribution in [0.5, 0.6) is 0 Å². The Morgan fingerprint density at radius 1 is 1.30 bits per heavy atom. The van der Waals surface area contributed by atoms with E-state index >= 15 is 0 Å². The van der Waals surface area contributed by atoms with E-state index in [1.165, 1.54) is 0 Å². The third-order valence-electron chi connectivity index (χ3n) is 2.57. The minimum absolute atomic E-state index is 0.0404. The molecule has 0 radical (unpaired) electrons. The van der Waals surface area contributed by atoms with Crippen molar-refractivity contribution in [1.82, 2.24) is 9.78 Å². The number of benzene rings is 1. The molecular weight excluding hydrogens is 254 g/mol. The predicted octanol–water partition coefficient (Wildman–Crippen LogP) is 2.47. The maximum Gasteiger partial charge on any atom is 0.328 e. The summed E-state index contributed by atoms with van der Waals surface area (Å²) >= 11 is 0. The summed E-state index contributed by atoms with van der Waals surface area (Å²) in [5.41, 5.74) is 6.98. The van der Waals surface area contributed by atoms with Crippen LogP contribution in [0.3, 0.4) is 0 Å².